The largest absolute Gasteiger partial charge is 0.414 e. The zero-order chi connectivity index (χ0) is 20.7. The molecule has 0 spiro atoms. The van der Waals surface area contributed by atoms with Crippen LogP contribution in [0.25, 0.3) is 0 Å². The summed E-state index contributed by atoms with van der Waals surface area (Å²) in [6.45, 7) is 2.11. The predicted octanol–water partition coefficient (Wildman–Crippen LogP) is 4.10. The molecule has 1 N–H and O–H groups in total. The van der Waals surface area contributed by atoms with Crippen LogP contribution in [0.5, 0.6) is 5.75 Å². The monoisotopic (exact) mass is 403 g/mol. The number of nitrogens with one attached hydrogen (secondary N) is 1. The number of hydrogen-bond acceptors (Lipinski definition) is 4. The maximum absolute atomic E-state index is 12.1. The van der Waals surface area contributed by atoms with E-state index < -0.39 is 6.09 Å². The second-order valence-corrected chi connectivity index (χ2v) is 7.04. The van der Waals surface area contributed by atoms with Crippen molar-refractivity contribution in [3.8, 4) is 5.75 Å². The summed E-state index contributed by atoms with van der Waals surface area (Å²) in [6.07, 6.45) is 0.299. The van der Waals surface area contributed by atoms with Gasteiger partial charge < -0.3 is 19.9 Å². The summed E-state index contributed by atoms with van der Waals surface area (Å²) in [6, 6.07) is 14.6. The van der Waals surface area contributed by atoms with Crippen molar-refractivity contribution >= 4 is 29.3 Å². The van der Waals surface area contributed by atoms with Crippen molar-refractivity contribution in [3.63, 3.8) is 0 Å². The predicted molar refractivity (Wildman–Crippen MR) is 112 cm³/mol. The minimum absolute atomic E-state index is 0.0249. The molecule has 7 heteroatoms. The molecule has 0 saturated heterocycles. The number of rotatable bonds is 7. The molecular weight excluding hydrogens is 378 g/mol. The molecule has 0 aliphatic carbocycles. The van der Waals surface area contributed by atoms with Crippen LogP contribution < -0.4 is 15.0 Å². The Morgan fingerprint density at radius 3 is 2.18 bits per heavy atom. The lowest BCUT2D eigenvalue weighted by Crippen LogP contribution is -2.32. The standard InChI is InChI=1S/C21H26ClN3O3/c1-15(26)25(18-9-7-17(22)8-10-18)14-13-20(23-2)16-5-11-19(12-6-16)28-21(27)24(3)4/h5-12,20,23H,13-14H2,1-4H3. The van der Waals surface area contributed by atoms with Crippen LogP contribution in [0.3, 0.4) is 0 Å². The third-order valence-corrected chi connectivity index (χ3v) is 4.61. The highest BCUT2D eigenvalue weighted by atomic mass is 35.5. The third kappa shape index (κ3) is 5.97. The average molecular weight is 404 g/mol. The molecular formula is C21H26ClN3O3. The summed E-state index contributed by atoms with van der Waals surface area (Å²) >= 11 is 5.94. The van der Waals surface area contributed by atoms with Gasteiger partial charge >= 0.3 is 6.09 Å². The number of nitrogens with zero attached hydrogens (tertiary/aromatic N) is 2. The number of benzene rings is 2. The van der Waals surface area contributed by atoms with E-state index in [0.29, 0.717) is 17.3 Å². The minimum Gasteiger partial charge on any atom is -0.410 e. The molecule has 0 saturated carbocycles. The molecule has 2 rings (SSSR count). The Kier molecular flexibility index (Phi) is 7.84. The van der Waals surface area contributed by atoms with Gasteiger partial charge in [0.05, 0.1) is 0 Å². The third-order valence-electron chi connectivity index (χ3n) is 4.36. The molecule has 0 radical (unpaired) electrons. The van der Waals surface area contributed by atoms with Crippen LogP contribution in [0.2, 0.25) is 5.02 Å². The molecule has 0 aromatic heterocycles. The highest BCUT2D eigenvalue weighted by Gasteiger charge is 2.16. The molecule has 0 bridgehead atoms. The summed E-state index contributed by atoms with van der Waals surface area (Å²) in [5.74, 6) is 0.465. The smallest absolute Gasteiger partial charge is 0.410 e. The Morgan fingerprint density at radius 2 is 1.68 bits per heavy atom. The molecule has 1 unspecified atom stereocenters. The topological polar surface area (TPSA) is 61.9 Å². The quantitative estimate of drug-likeness (QED) is 0.755. The molecule has 0 aliphatic heterocycles. The molecule has 0 aliphatic rings. The fraction of sp³-hybridized carbons (Fsp3) is 0.333. The second-order valence-electron chi connectivity index (χ2n) is 6.61. The Labute approximate surface area is 171 Å². The molecule has 150 valence electrons. The highest BCUT2D eigenvalue weighted by Crippen LogP contribution is 2.23. The van der Waals surface area contributed by atoms with Crippen LogP contribution >= 0.6 is 11.6 Å². The van der Waals surface area contributed by atoms with Crippen molar-refractivity contribution in [2.45, 2.75) is 19.4 Å². The van der Waals surface area contributed by atoms with Crippen LogP contribution in [0.1, 0.15) is 24.9 Å². The van der Waals surface area contributed by atoms with E-state index in [4.69, 9.17) is 16.3 Å². The minimum atomic E-state index is -0.419. The van der Waals surface area contributed by atoms with Crippen LogP contribution in [-0.2, 0) is 4.79 Å². The summed E-state index contributed by atoms with van der Waals surface area (Å²) in [5, 5.41) is 3.91. The first-order chi connectivity index (χ1) is 13.3. The van der Waals surface area contributed by atoms with E-state index >= 15 is 0 Å². The number of anilines is 1. The van der Waals surface area contributed by atoms with Gasteiger partial charge in [-0.1, -0.05) is 23.7 Å². The normalized spacial score (nSPS) is 11.6. The first-order valence-electron chi connectivity index (χ1n) is 9.02. The SMILES string of the molecule is CNC(CCN(C(C)=O)c1ccc(Cl)cc1)c1ccc(OC(=O)N(C)C)cc1. The maximum Gasteiger partial charge on any atom is 0.414 e. The van der Waals surface area contributed by atoms with Crippen molar-refractivity contribution in [2.24, 2.45) is 0 Å². The van der Waals surface area contributed by atoms with Crippen molar-refractivity contribution in [3.05, 3.63) is 59.1 Å². The van der Waals surface area contributed by atoms with Gasteiger partial charge in [0.1, 0.15) is 5.75 Å². The van der Waals surface area contributed by atoms with E-state index in [0.717, 1.165) is 17.7 Å². The van der Waals surface area contributed by atoms with Crippen molar-refractivity contribution < 1.29 is 14.3 Å². The lowest BCUT2D eigenvalue weighted by Gasteiger charge is -2.25. The van der Waals surface area contributed by atoms with E-state index in [1.807, 2.05) is 31.3 Å². The van der Waals surface area contributed by atoms with Gasteiger partial charge in [-0.2, -0.15) is 0 Å². The second kappa shape index (κ2) is 10.1. The van der Waals surface area contributed by atoms with Crippen molar-refractivity contribution in [1.82, 2.24) is 10.2 Å². The van der Waals surface area contributed by atoms with Gasteiger partial charge in [0, 0.05) is 44.3 Å². The van der Waals surface area contributed by atoms with Crippen molar-refractivity contribution in [1.29, 1.82) is 0 Å². The zero-order valence-corrected chi connectivity index (χ0v) is 17.4. The lowest BCUT2D eigenvalue weighted by molar-refractivity contribution is -0.116. The lowest BCUT2D eigenvalue weighted by atomic mass is 10.0. The molecule has 6 nitrogen and oxygen atoms in total. The number of carbonyl (C=O) groups excluding carboxylic acids is 2. The molecule has 1 atom stereocenters. The Morgan fingerprint density at radius 1 is 1.07 bits per heavy atom. The number of hydrogen-bond donors (Lipinski definition) is 1. The molecule has 0 fully saturated rings. The van der Waals surface area contributed by atoms with Crippen LogP contribution in [0.15, 0.2) is 48.5 Å². The Hall–Kier alpha value is -2.57. The van der Waals surface area contributed by atoms with Gasteiger partial charge in [-0.3, -0.25) is 4.79 Å². The van der Waals surface area contributed by atoms with Crippen LogP contribution in [0, 0.1) is 0 Å². The molecule has 2 aromatic carbocycles. The summed E-state index contributed by atoms with van der Waals surface area (Å²) in [4.78, 5) is 26.8. The fourth-order valence-electron chi connectivity index (χ4n) is 2.79. The van der Waals surface area contributed by atoms with E-state index in [1.165, 1.54) is 4.90 Å². The van der Waals surface area contributed by atoms with Gasteiger partial charge in [0.25, 0.3) is 0 Å². The van der Waals surface area contributed by atoms with Gasteiger partial charge in [0.15, 0.2) is 0 Å². The summed E-state index contributed by atoms with van der Waals surface area (Å²) < 4.78 is 5.24. The van der Waals surface area contributed by atoms with Gasteiger partial charge in [-0.25, -0.2) is 4.79 Å². The van der Waals surface area contributed by atoms with Gasteiger partial charge in [-0.05, 0) is 55.4 Å². The Bertz CT molecular complexity index is 792. The van der Waals surface area contributed by atoms with E-state index in [1.54, 1.807) is 50.2 Å². The number of amides is 2. The van der Waals surface area contributed by atoms with E-state index in [2.05, 4.69) is 5.32 Å². The van der Waals surface area contributed by atoms with E-state index in [9.17, 15) is 9.59 Å². The van der Waals surface area contributed by atoms with Crippen molar-refractivity contribution in [2.75, 3.05) is 32.6 Å². The zero-order valence-electron chi connectivity index (χ0n) is 16.6. The molecule has 2 amide bonds. The number of carbonyl (C=O) groups is 2. The van der Waals surface area contributed by atoms with E-state index in [-0.39, 0.29) is 11.9 Å². The molecule has 2 aromatic rings. The van der Waals surface area contributed by atoms with Gasteiger partial charge in [0.2, 0.25) is 5.91 Å². The highest BCUT2D eigenvalue weighted by molar-refractivity contribution is 6.30. The Balaban J connectivity index is 2.05. The van der Waals surface area contributed by atoms with Crippen LogP contribution in [0.4, 0.5) is 10.5 Å². The average Bonchev–Trinajstić information content (AvgIpc) is 2.67. The summed E-state index contributed by atoms with van der Waals surface area (Å²) in [7, 11) is 5.15. The first-order valence-corrected chi connectivity index (χ1v) is 9.39. The fourth-order valence-corrected chi connectivity index (χ4v) is 2.91. The van der Waals surface area contributed by atoms with Crippen LogP contribution in [-0.4, -0.2) is 44.6 Å². The summed E-state index contributed by atoms with van der Waals surface area (Å²) in [5.41, 5.74) is 1.87. The number of halogens is 1. The van der Waals surface area contributed by atoms with Gasteiger partial charge in [-0.15, -0.1) is 0 Å². The number of ether oxygens (including phenoxy) is 1. The molecule has 28 heavy (non-hydrogen) atoms. The maximum atomic E-state index is 12.1. The first kappa shape index (κ1) is 21.7. The molecule has 0 heterocycles.